The van der Waals surface area contributed by atoms with Crippen molar-refractivity contribution in [1.29, 1.82) is 0 Å². The molecule has 3 heterocycles. The lowest BCUT2D eigenvalue weighted by Gasteiger charge is -2.31. The molecule has 6 rings (SSSR count). The molecule has 0 aliphatic carbocycles. The molecule has 1 aromatic heterocycles. The van der Waals surface area contributed by atoms with Crippen LogP contribution in [0.5, 0.6) is 0 Å². The van der Waals surface area contributed by atoms with Gasteiger partial charge < -0.3 is 19.1 Å². The van der Waals surface area contributed by atoms with Gasteiger partial charge >= 0.3 is 12.1 Å². The summed E-state index contributed by atoms with van der Waals surface area (Å²) < 4.78 is 7.56. The minimum Gasteiger partial charge on any atom is -0.445 e. The average Bonchev–Trinajstić information content (AvgIpc) is 3.55. The Balaban J connectivity index is 1.02. The van der Waals surface area contributed by atoms with Gasteiger partial charge in [-0.15, -0.1) is 0 Å². The van der Waals surface area contributed by atoms with Gasteiger partial charge in [0.1, 0.15) is 13.2 Å². The maximum absolute atomic E-state index is 13.3. The molecule has 2 fully saturated rings. The normalized spacial score (nSPS) is 16.1. The number of hydrogen-bond donors (Lipinski definition) is 0. The van der Waals surface area contributed by atoms with Crippen molar-refractivity contribution in [3.05, 3.63) is 102 Å². The maximum Gasteiger partial charge on any atom is 0.410 e. The number of piperidine rings is 1. The molecule has 2 saturated heterocycles. The molecule has 2 aliphatic rings. The molecule has 4 amide bonds. The van der Waals surface area contributed by atoms with E-state index in [4.69, 9.17) is 4.74 Å². The highest BCUT2D eigenvalue weighted by atomic mass is 16.6. The van der Waals surface area contributed by atoms with Crippen LogP contribution in [0.15, 0.2) is 85.3 Å². The van der Waals surface area contributed by atoms with Gasteiger partial charge in [-0.3, -0.25) is 9.69 Å². The topological polar surface area (TPSA) is 88.0 Å². The summed E-state index contributed by atoms with van der Waals surface area (Å²) in [6.07, 6.45) is 4.99. The van der Waals surface area contributed by atoms with Crippen molar-refractivity contribution in [2.75, 3.05) is 19.6 Å². The van der Waals surface area contributed by atoms with Gasteiger partial charge in [-0.2, -0.15) is 0 Å². The first-order chi connectivity index (χ1) is 20.0. The number of rotatable bonds is 8. The fourth-order valence-corrected chi connectivity index (χ4v) is 5.70. The number of imide groups is 1. The second-order valence-corrected chi connectivity index (χ2v) is 10.8. The molecule has 9 nitrogen and oxygen atoms in total. The second kappa shape index (κ2) is 11.8. The second-order valence-electron chi connectivity index (χ2n) is 10.8. The monoisotopic (exact) mass is 551 g/mol. The molecule has 0 bridgehead atoms. The Morgan fingerprint density at radius 1 is 0.902 bits per heavy atom. The molecule has 9 heteroatoms. The first-order valence-electron chi connectivity index (χ1n) is 14.1. The Labute approximate surface area is 238 Å². The van der Waals surface area contributed by atoms with E-state index in [1.165, 1.54) is 4.90 Å². The molecule has 210 valence electrons. The molecule has 4 aromatic rings. The van der Waals surface area contributed by atoms with E-state index < -0.39 is 0 Å². The lowest BCUT2D eigenvalue weighted by atomic mass is 9.97. The number of urea groups is 1. The number of fused-ring (bicyclic) bond motifs is 1. The van der Waals surface area contributed by atoms with Crippen LogP contribution in [0.3, 0.4) is 0 Å². The van der Waals surface area contributed by atoms with E-state index in [0.29, 0.717) is 25.6 Å². The van der Waals surface area contributed by atoms with Crippen molar-refractivity contribution in [3.63, 3.8) is 0 Å². The maximum atomic E-state index is 13.3. The Hall–Kier alpha value is -4.66. The number of amides is 4. The third-order valence-corrected chi connectivity index (χ3v) is 8.02. The van der Waals surface area contributed by atoms with Gasteiger partial charge in [-0.05, 0) is 40.7 Å². The predicted molar refractivity (Wildman–Crippen MR) is 153 cm³/mol. The highest BCUT2D eigenvalue weighted by molar-refractivity contribution is 6.02. The Morgan fingerprint density at radius 2 is 1.66 bits per heavy atom. The van der Waals surface area contributed by atoms with Crippen LogP contribution in [-0.4, -0.2) is 61.9 Å². The van der Waals surface area contributed by atoms with Crippen molar-refractivity contribution in [1.82, 2.24) is 24.3 Å². The van der Waals surface area contributed by atoms with Gasteiger partial charge in [0, 0.05) is 25.8 Å². The molecular weight excluding hydrogens is 518 g/mol. The number of likely N-dealkylation sites (tertiary alicyclic amines) is 1. The van der Waals surface area contributed by atoms with Gasteiger partial charge in [-0.1, -0.05) is 72.8 Å². The quantitative estimate of drug-likeness (QED) is 0.286. The third kappa shape index (κ3) is 5.94. The Kier molecular flexibility index (Phi) is 7.67. The minimum atomic E-state index is -0.280. The summed E-state index contributed by atoms with van der Waals surface area (Å²) >= 11 is 0. The van der Waals surface area contributed by atoms with E-state index >= 15 is 0 Å². The van der Waals surface area contributed by atoms with E-state index in [0.717, 1.165) is 47.0 Å². The molecule has 0 atom stereocenters. The summed E-state index contributed by atoms with van der Waals surface area (Å²) in [4.78, 5) is 47.7. The highest BCUT2D eigenvalue weighted by Gasteiger charge is 2.36. The van der Waals surface area contributed by atoms with Crippen molar-refractivity contribution in [2.45, 2.75) is 39.1 Å². The van der Waals surface area contributed by atoms with Gasteiger partial charge in [0.05, 0.1) is 25.1 Å². The summed E-state index contributed by atoms with van der Waals surface area (Å²) in [6, 6.07) is 23.3. The zero-order chi connectivity index (χ0) is 28.2. The Bertz CT molecular complexity index is 1540. The van der Waals surface area contributed by atoms with Crippen molar-refractivity contribution in [2.24, 2.45) is 5.92 Å². The molecule has 0 spiro atoms. The first-order valence-corrected chi connectivity index (χ1v) is 14.1. The zero-order valence-corrected chi connectivity index (χ0v) is 22.9. The smallest absolute Gasteiger partial charge is 0.410 e. The largest absolute Gasteiger partial charge is 0.445 e. The minimum absolute atomic E-state index is 0.0538. The van der Waals surface area contributed by atoms with Crippen LogP contribution in [-0.2, 0) is 35.8 Å². The van der Waals surface area contributed by atoms with Crippen LogP contribution >= 0.6 is 0 Å². The zero-order valence-electron chi connectivity index (χ0n) is 22.9. The predicted octanol–water partition coefficient (Wildman–Crippen LogP) is 5.05. The molecule has 0 saturated carbocycles. The van der Waals surface area contributed by atoms with Gasteiger partial charge in [0.2, 0.25) is 0 Å². The summed E-state index contributed by atoms with van der Waals surface area (Å²) in [5, 5.41) is 2.13. The SMILES string of the molecule is O=C(OCc1ccccc1)N1CCC(Cn2cncc2CN2CC(=O)N(Cc3cccc4ccccc34)C2=O)CC1. The van der Waals surface area contributed by atoms with Crippen LogP contribution in [0, 0.1) is 5.92 Å². The van der Waals surface area contributed by atoms with Crippen molar-refractivity contribution < 1.29 is 19.1 Å². The van der Waals surface area contributed by atoms with E-state index in [1.807, 2.05) is 72.8 Å². The number of hydrogen-bond acceptors (Lipinski definition) is 5. The standard InChI is InChI=1S/C32H33N5O4/c38-30-21-35(31(39)37(30)19-27-11-6-10-26-9-4-5-12-29(26)27)20-28-17-33-23-36(28)18-24-13-15-34(16-14-24)32(40)41-22-25-7-2-1-3-8-25/h1-12,17,23-24H,13-16,18-22H2. The van der Waals surface area contributed by atoms with E-state index in [1.54, 1.807) is 22.3 Å². The van der Waals surface area contributed by atoms with Crippen molar-refractivity contribution in [3.8, 4) is 0 Å². The molecule has 3 aromatic carbocycles. The van der Waals surface area contributed by atoms with Crippen LogP contribution in [0.2, 0.25) is 0 Å². The lowest BCUT2D eigenvalue weighted by Crippen LogP contribution is -2.39. The number of carbonyl (C=O) groups is 3. The van der Waals surface area contributed by atoms with Crippen LogP contribution < -0.4 is 0 Å². The van der Waals surface area contributed by atoms with Gasteiger partial charge in [0.25, 0.3) is 5.91 Å². The molecule has 0 unspecified atom stereocenters. The summed E-state index contributed by atoms with van der Waals surface area (Å²) in [5.41, 5.74) is 2.81. The summed E-state index contributed by atoms with van der Waals surface area (Å²) in [7, 11) is 0. The fourth-order valence-electron chi connectivity index (χ4n) is 5.70. The number of benzene rings is 3. The average molecular weight is 552 g/mol. The van der Waals surface area contributed by atoms with E-state index in [2.05, 4.69) is 9.55 Å². The van der Waals surface area contributed by atoms with E-state index in [9.17, 15) is 14.4 Å². The number of carbonyl (C=O) groups excluding carboxylic acids is 3. The lowest BCUT2D eigenvalue weighted by molar-refractivity contribution is -0.125. The van der Waals surface area contributed by atoms with Crippen LogP contribution in [0.4, 0.5) is 9.59 Å². The first kappa shape index (κ1) is 26.6. The van der Waals surface area contributed by atoms with Crippen LogP contribution in [0.1, 0.15) is 29.7 Å². The number of nitrogens with zero attached hydrogens (tertiary/aromatic N) is 5. The van der Waals surface area contributed by atoms with Gasteiger partial charge in [0.15, 0.2) is 0 Å². The van der Waals surface area contributed by atoms with Gasteiger partial charge in [-0.25, -0.2) is 14.6 Å². The molecule has 0 N–H and O–H groups in total. The Morgan fingerprint density at radius 3 is 2.49 bits per heavy atom. The fraction of sp³-hybridized carbons (Fsp3) is 0.312. The van der Waals surface area contributed by atoms with E-state index in [-0.39, 0.29) is 37.7 Å². The summed E-state index contributed by atoms with van der Waals surface area (Å²) in [6.45, 7) is 2.93. The third-order valence-electron chi connectivity index (χ3n) is 8.02. The molecule has 2 aliphatic heterocycles. The summed E-state index contributed by atoms with van der Waals surface area (Å²) in [5.74, 6) is 0.181. The molecular formula is C32H33N5O4. The number of aromatic nitrogens is 2. The number of ether oxygens (including phenoxy) is 1. The molecule has 0 radical (unpaired) electrons. The van der Waals surface area contributed by atoms with Crippen LogP contribution in [0.25, 0.3) is 10.8 Å². The molecule has 41 heavy (non-hydrogen) atoms. The van der Waals surface area contributed by atoms with Crippen molar-refractivity contribution >= 4 is 28.8 Å². The highest BCUT2D eigenvalue weighted by Crippen LogP contribution is 2.25. The number of imidazole rings is 1.